The third kappa shape index (κ3) is 3.01. The number of hydrogen-bond acceptors (Lipinski definition) is 3. The van der Waals surface area contributed by atoms with Gasteiger partial charge < -0.3 is 15.2 Å². The molecule has 0 amide bonds. The maximum Gasteiger partial charge on any atom is 0.201 e. The monoisotopic (exact) mass is 280 g/mol. The summed E-state index contributed by atoms with van der Waals surface area (Å²) in [7, 11) is 2.13. The number of halogens is 1. The lowest BCUT2D eigenvalue weighted by Crippen LogP contribution is -2.28. The van der Waals surface area contributed by atoms with Gasteiger partial charge in [0.15, 0.2) is 0 Å². The van der Waals surface area contributed by atoms with Crippen molar-refractivity contribution in [1.82, 2.24) is 14.5 Å². The molecule has 1 aromatic carbocycles. The third-order valence-corrected chi connectivity index (χ3v) is 3.83. The van der Waals surface area contributed by atoms with Crippen molar-refractivity contribution >= 4 is 28.6 Å². The number of nitrogen functional groups attached to an aromatic ring is 1. The predicted molar refractivity (Wildman–Crippen MR) is 81.5 cm³/mol. The fraction of sp³-hybridized carbons (Fsp3) is 0.500. The van der Waals surface area contributed by atoms with Gasteiger partial charge in [-0.2, -0.15) is 0 Å². The Hall–Kier alpha value is -1.26. The van der Waals surface area contributed by atoms with Crippen molar-refractivity contribution in [2.75, 3.05) is 19.3 Å². The standard InChI is InChI=1S/C14H21ClN4/c1-10(2)18(3)8-5-9-19-13-11(15)6-4-7-12(13)17-14(19)16/h4,6-7,10H,5,8-9H2,1-3H3,(H2,16,17). The third-order valence-electron chi connectivity index (χ3n) is 3.52. The van der Waals surface area contributed by atoms with Crippen molar-refractivity contribution in [2.45, 2.75) is 32.9 Å². The van der Waals surface area contributed by atoms with Crippen LogP contribution in [0.1, 0.15) is 20.3 Å². The molecule has 0 spiro atoms. The quantitative estimate of drug-likeness (QED) is 0.916. The number of fused-ring (bicyclic) bond motifs is 1. The second-order valence-electron chi connectivity index (χ2n) is 5.16. The first-order chi connectivity index (χ1) is 9.00. The maximum atomic E-state index is 6.24. The number of para-hydroxylation sites is 1. The van der Waals surface area contributed by atoms with Crippen LogP contribution in [0.3, 0.4) is 0 Å². The average molecular weight is 281 g/mol. The summed E-state index contributed by atoms with van der Waals surface area (Å²) in [6, 6.07) is 6.27. The van der Waals surface area contributed by atoms with Gasteiger partial charge in [-0.3, -0.25) is 0 Å². The van der Waals surface area contributed by atoms with Gasteiger partial charge in [0.2, 0.25) is 5.95 Å². The van der Waals surface area contributed by atoms with Crippen LogP contribution in [-0.2, 0) is 6.54 Å². The van der Waals surface area contributed by atoms with Gasteiger partial charge in [0.1, 0.15) is 0 Å². The molecule has 0 radical (unpaired) electrons. The zero-order valence-electron chi connectivity index (χ0n) is 11.7. The number of nitrogens with zero attached hydrogens (tertiary/aromatic N) is 3. The molecule has 0 aliphatic rings. The zero-order chi connectivity index (χ0) is 14.0. The largest absolute Gasteiger partial charge is 0.369 e. The summed E-state index contributed by atoms with van der Waals surface area (Å²) < 4.78 is 2.01. The number of benzene rings is 1. The topological polar surface area (TPSA) is 47.1 Å². The number of hydrogen-bond donors (Lipinski definition) is 1. The summed E-state index contributed by atoms with van der Waals surface area (Å²) in [5, 5.41) is 0.707. The van der Waals surface area contributed by atoms with Gasteiger partial charge in [-0.15, -0.1) is 0 Å². The van der Waals surface area contributed by atoms with Crippen LogP contribution in [0.5, 0.6) is 0 Å². The van der Waals surface area contributed by atoms with E-state index in [4.69, 9.17) is 17.3 Å². The molecule has 2 rings (SSSR count). The first-order valence-electron chi connectivity index (χ1n) is 6.61. The second-order valence-corrected chi connectivity index (χ2v) is 5.56. The van der Waals surface area contributed by atoms with Gasteiger partial charge in [-0.05, 0) is 46.0 Å². The zero-order valence-corrected chi connectivity index (χ0v) is 12.5. The van der Waals surface area contributed by atoms with Crippen molar-refractivity contribution in [2.24, 2.45) is 0 Å². The number of aryl methyl sites for hydroxylation is 1. The van der Waals surface area contributed by atoms with Gasteiger partial charge in [0, 0.05) is 12.6 Å². The Morgan fingerprint density at radius 2 is 2.16 bits per heavy atom. The molecule has 0 saturated heterocycles. The fourth-order valence-corrected chi connectivity index (χ4v) is 2.39. The molecular weight excluding hydrogens is 260 g/mol. The fourth-order valence-electron chi connectivity index (χ4n) is 2.12. The molecule has 0 aliphatic carbocycles. The van der Waals surface area contributed by atoms with Gasteiger partial charge in [-0.25, -0.2) is 4.98 Å². The van der Waals surface area contributed by atoms with E-state index in [2.05, 4.69) is 30.8 Å². The predicted octanol–water partition coefficient (Wildman–Crippen LogP) is 3.00. The Balaban J connectivity index is 2.14. The Morgan fingerprint density at radius 3 is 2.84 bits per heavy atom. The number of nitrogens with two attached hydrogens (primary N) is 1. The smallest absolute Gasteiger partial charge is 0.201 e. The summed E-state index contributed by atoms with van der Waals surface area (Å²) in [4.78, 5) is 6.67. The van der Waals surface area contributed by atoms with Crippen LogP contribution >= 0.6 is 11.6 Å². The first kappa shape index (κ1) is 14.2. The van der Waals surface area contributed by atoms with E-state index in [0.29, 0.717) is 17.0 Å². The van der Waals surface area contributed by atoms with Crippen molar-refractivity contribution in [3.63, 3.8) is 0 Å². The minimum absolute atomic E-state index is 0.537. The normalized spacial score (nSPS) is 11.9. The maximum absolute atomic E-state index is 6.24. The highest BCUT2D eigenvalue weighted by Crippen LogP contribution is 2.25. The molecule has 5 heteroatoms. The lowest BCUT2D eigenvalue weighted by molar-refractivity contribution is 0.266. The van der Waals surface area contributed by atoms with Gasteiger partial charge in [0.05, 0.1) is 16.1 Å². The summed E-state index contributed by atoms with van der Waals surface area (Å²) in [5.74, 6) is 0.537. The van der Waals surface area contributed by atoms with Gasteiger partial charge in [-0.1, -0.05) is 17.7 Å². The molecule has 19 heavy (non-hydrogen) atoms. The van der Waals surface area contributed by atoms with Crippen LogP contribution in [0.2, 0.25) is 5.02 Å². The van der Waals surface area contributed by atoms with E-state index < -0.39 is 0 Å². The van der Waals surface area contributed by atoms with Crippen LogP contribution in [0.4, 0.5) is 5.95 Å². The number of aromatic nitrogens is 2. The molecule has 0 unspecified atom stereocenters. The average Bonchev–Trinajstić information content (AvgIpc) is 2.67. The van der Waals surface area contributed by atoms with Crippen molar-refractivity contribution < 1.29 is 0 Å². The molecule has 0 aliphatic heterocycles. The molecule has 0 atom stereocenters. The molecule has 0 bridgehead atoms. The van der Waals surface area contributed by atoms with Crippen LogP contribution in [-0.4, -0.2) is 34.1 Å². The Labute approximate surface area is 119 Å². The van der Waals surface area contributed by atoms with E-state index in [1.165, 1.54) is 0 Å². The molecule has 0 fully saturated rings. The number of anilines is 1. The van der Waals surface area contributed by atoms with E-state index in [-0.39, 0.29) is 0 Å². The molecule has 104 valence electrons. The van der Waals surface area contributed by atoms with Gasteiger partial charge >= 0.3 is 0 Å². The van der Waals surface area contributed by atoms with E-state index in [1.807, 2.05) is 22.8 Å². The Kier molecular flexibility index (Phi) is 4.32. The van der Waals surface area contributed by atoms with Crippen LogP contribution in [0, 0.1) is 0 Å². The van der Waals surface area contributed by atoms with Crippen molar-refractivity contribution in [3.05, 3.63) is 23.2 Å². The highest BCUT2D eigenvalue weighted by Gasteiger charge is 2.11. The number of rotatable bonds is 5. The molecule has 1 heterocycles. The molecule has 4 nitrogen and oxygen atoms in total. The van der Waals surface area contributed by atoms with Crippen LogP contribution in [0.15, 0.2) is 18.2 Å². The van der Waals surface area contributed by atoms with Gasteiger partial charge in [0.25, 0.3) is 0 Å². The SMILES string of the molecule is CC(C)N(C)CCCn1c(N)nc2cccc(Cl)c21. The van der Waals surface area contributed by atoms with Crippen molar-refractivity contribution in [1.29, 1.82) is 0 Å². The van der Waals surface area contributed by atoms with E-state index in [9.17, 15) is 0 Å². The first-order valence-corrected chi connectivity index (χ1v) is 6.99. The van der Waals surface area contributed by atoms with E-state index in [1.54, 1.807) is 0 Å². The summed E-state index contributed by atoms with van der Waals surface area (Å²) >= 11 is 6.24. The van der Waals surface area contributed by atoms with Crippen molar-refractivity contribution in [3.8, 4) is 0 Å². The molecule has 1 aromatic heterocycles. The lowest BCUT2D eigenvalue weighted by atomic mass is 10.3. The summed E-state index contributed by atoms with van der Waals surface area (Å²) in [5.41, 5.74) is 7.78. The minimum Gasteiger partial charge on any atom is -0.369 e. The van der Waals surface area contributed by atoms with Crippen LogP contribution in [0.25, 0.3) is 11.0 Å². The highest BCUT2D eigenvalue weighted by molar-refractivity contribution is 6.35. The molecular formula is C14H21ClN4. The minimum atomic E-state index is 0.537. The highest BCUT2D eigenvalue weighted by atomic mass is 35.5. The number of imidazole rings is 1. The lowest BCUT2D eigenvalue weighted by Gasteiger charge is -2.21. The Morgan fingerprint density at radius 1 is 1.42 bits per heavy atom. The summed E-state index contributed by atoms with van der Waals surface area (Å²) in [6.45, 7) is 6.25. The molecule has 0 saturated carbocycles. The van der Waals surface area contributed by atoms with E-state index in [0.717, 1.165) is 30.5 Å². The Bertz CT molecular complexity index is 562. The van der Waals surface area contributed by atoms with Crippen LogP contribution < -0.4 is 5.73 Å². The molecule has 2 aromatic rings. The summed E-state index contributed by atoms with van der Waals surface area (Å²) in [6.07, 6.45) is 1.02. The second kappa shape index (κ2) is 5.80. The van der Waals surface area contributed by atoms with E-state index >= 15 is 0 Å². The molecule has 2 N–H and O–H groups in total.